The van der Waals surface area contributed by atoms with Crippen LogP contribution in [0.5, 0.6) is 23.0 Å². The Kier molecular flexibility index (Phi) is 11.1. The van der Waals surface area contributed by atoms with Crippen LogP contribution in [0.15, 0.2) is 267 Å². The van der Waals surface area contributed by atoms with Crippen molar-refractivity contribution in [3.05, 3.63) is 323 Å². The lowest BCUT2D eigenvalue weighted by Gasteiger charge is -2.37. The van der Waals surface area contributed by atoms with Crippen LogP contribution in [0.25, 0.3) is 87.6 Å². The number of hydrogen-bond donors (Lipinski definition) is 2. The van der Waals surface area contributed by atoms with Gasteiger partial charge in [-0.05, 0) is 201 Å². The zero-order valence-corrected chi connectivity index (χ0v) is 47.6. The summed E-state index contributed by atoms with van der Waals surface area (Å²) < 4.78 is 15.0. The second-order valence-corrected chi connectivity index (χ2v) is 23.4. The van der Waals surface area contributed by atoms with Crippen LogP contribution in [-0.4, -0.2) is 10.2 Å². The molecule has 0 amide bonds. The Bertz CT molecular complexity index is 4750. The monoisotopic (exact) mass is 1090 g/mol. The first-order valence-corrected chi connectivity index (χ1v) is 29.6. The number of phenolic OH excluding ortho intramolecular Hbond substituents is 2. The summed E-state index contributed by atoms with van der Waals surface area (Å²) in [6.45, 7) is 8.61. The highest BCUT2D eigenvalue weighted by Gasteiger charge is 2.49. The highest BCUT2D eigenvalue weighted by atomic mass is 16.5. The zero-order chi connectivity index (χ0) is 57.3. The van der Waals surface area contributed by atoms with Gasteiger partial charge in [0, 0.05) is 38.8 Å². The van der Waals surface area contributed by atoms with Crippen LogP contribution in [0, 0.1) is 0 Å². The molecule has 0 saturated carbocycles. The summed E-state index contributed by atoms with van der Waals surface area (Å²) in [4.78, 5) is 0. The van der Waals surface area contributed by atoms with Gasteiger partial charge < -0.3 is 19.7 Å². The van der Waals surface area contributed by atoms with Gasteiger partial charge in [-0.25, -0.2) is 0 Å². The van der Waals surface area contributed by atoms with Crippen molar-refractivity contribution in [2.75, 3.05) is 0 Å². The Morgan fingerprint density at radius 1 is 0.294 bits per heavy atom. The molecule has 2 heterocycles. The SMILES string of the molecule is CC.CC1(C)c2ccccc2-c2ccccc21.Oc1ccc2c3c(ccc2c1)OC1(C=C3c2cccc(C3=CC4(Oc5ccc6cc(O)ccc6c53)c3ccccc3-c3cc5ccccc5cc34)c2)c2ccccc2-c2cc3ccccc3cc21. The third-order valence-corrected chi connectivity index (χ3v) is 18.5. The van der Waals surface area contributed by atoms with E-state index in [2.05, 4.69) is 244 Å². The van der Waals surface area contributed by atoms with Crippen molar-refractivity contribution < 1.29 is 19.7 Å². The molecular formula is C81H58O4. The van der Waals surface area contributed by atoms with Gasteiger partial charge in [-0.3, -0.25) is 0 Å². The minimum atomic E-state index is -0.939. The van der Waals surface area contributed by atoms with E-state index in [1.807, 2.05) is 38.1 Å². The van der Waals surface area contributed by atoms with Crippen molar-refractivity contribution in [3.63, 3.8) is 0 Å². The smallest absolute Gasteiger partial charge is 0.179 e. The van der Waals surface area contributed by atoms with Gasteiger partial charge in [-0.2, -0.15) is 0 Å². The van der Waals surface area contributed by atoms with Gasteiger partial charge in [0.15, 0.2) is 11.2 Å². The summed E-state index contributed by atoms with van der Waals surface area (Å²) in [7, 11) is 0. The highest BCUT2D eigenvalue weighted by Crippen LogP contribution is 2.60. The first kappa shape index (κ1) is 50.3. The number of ether oxygens (including phenoxy) is 2. The first-order chi connectivity index (χ1) is 41.6. The maximum atomic E-state index is 10.7. The summed E-state index contributed by atoms with van der Waals surface area (Å²) in [5.74, 6) is 1.97. The molecule has 0 aromatic heterocycles. The van der Waals surface area contributed by atoms with Crippen molar-refractivity contribution in [1.82, 2.24) is 0 Å². The number of benzene rings is 13. The number of aromatic hydroxyl groups is 2. The molecule has 4 nitrogen and oxygen atoms in total. The van der Waals surface area contributed by atoms with Crippen LogP contribution in [0.1, 0.15) is 83.3 Å². The standard InChI is InChI=1S/C64H38O4.C15H14.C2H6/c65-45-22-24-47-43(29-45)20-26-59-61(47)53(35-63(67-59)55-18-7-5-16-49(55)51-31-37-10-1-3-12-39(37)33-57(51)63)41-14-9-15-42(28-41)54-36-64(68-60-27-21-44-30-46(66)23-25-48(44)62(54)60)56-19-8-6-17-50(56)52-32-38-11-2-4-13-40(38)34-58(52)64;1-15(2)13-9-5-3-7-11(13)12-8-4-6-10-14(12)15;1-2/h1-36,65-66H;3-10H,1-2H3;1-2H3. The predicted molar refractivity (Wildman–Crippen MR) is 349 cm³/mol. The number of rotatable bonds is 2. The van der Waals surface area contributed by atoms with Crippen molar-refractivity contribution in [2.45, 2.75) is 44.3 Å². The van der Waals surface area contributed by atoms with E-state index in [0.717, 1.165) is 122 Å². The van der Waals surface area contributed by atoms with Crippen LogP contribution in [0.3, 0.4) is 0 Å². The molecule has 2 atom stereocenters. The van der Waals surface area contributed by atoms with Crippen molar-refractivity contribution in [1.29, 1.82) is 0 Å². The minimum absolute atomic E-state index is 0.160. The molecule has 2 aliphatic heterocycles. The molecule has 18 rings (SSSR count). The lowest BCUT2D eigenvalue weighted by molar-refractivity contribution is 0.165. The number of phenols is 2. The molecule has 2 unspecified atom stereocenters. The Morgan fingerprint density at radius 2 is 0.659 bits per heavy atom. The second-order valence-electron chi connectivity index (χ2n) is 23.4. The third kappa shape index (κ3) is 7.41. The van der Waals surface area contributed by atoms with E-state index in [9.17, 15) is 10.2 Å². The molecule has 85 heavy (non-hydrogen) atoms. The Labute approximate surface area is 494 Å². The van der Waals surface area contributed by atoms with Crippen LogP contribution in [0.4, 0.5) is 0 Å². The second kappa shape index (κ2) is 18.8. The number of fused-ring (bicyclic) bond motifs is 21. The molecule has 5 aliphatic rings. The fourth-order valence-electron chi connectivity index (χ4n) is 14.7. The van der Waals surface area contributed by atoms with E-state index in [1.165, 1.54) is 33.0 Å². The summed E-state index contributed by atoms with van der Waals surface area (Å²) in [6, 6.07) is 89.4. The topological polar surface area (TPSA) is 58.9 Å². The molecular weight excluding hydrogens is 1040 g/mol. The molecule has 406 valence electrons. The van der Waals surface area contributed by atoms with E-state index >= 15 is 0 Å². The fraction of sp³-hybridized carbons (Fsp3) is 0.0864. The minimum Gasteiger partial charge on any atom is -0.508 e. The van der Waals surface area contributed by atoms with Gasteiger partial charge in [0.1, 0.15) is 23.0 Å². The number of hydrogen-bond acceptors (Lipinski definition) is 4. The lowest BCUT2D eigenvalue weighted by atomic mass is 9.79. The van der Waals surface area contributed by atoms with E-state index in [0.29, 0.717) is 0 Å². The summed E-state index contributed by atoms with van der Waals surface area (Å²) in [6.07, 6.45) is 4.70. The molecule has 2 N–H and O–H groups in total. The third-order valence-electron chi connectivity index (χ3n) is 18.5. The maximum absolute atomic E-state index is 10.7. The van der Waals surface area contributed by atoms with E-state index < -0.39 is 11.2 Å². The quantitative estimate of drug-likeness (QED) is 0.181. The molecule has 0 fully saturated rings. The van der Waals surface area contributed by atoms with Gasteiger partial charge in [-0.1, -0.05) is 204 Å². The predicted octanol–water partition coefficient (Wildman–Crippen LogP) is 20.2. The van der Waals surface area contributed by atoms with Crippen molar-refractivity contribution >= 4 is 54.2 Å². The molecule has 13 aromatic carbocycles. The average Bonchev–Trinajstić information content (AvgIpc) is 1.88. The van der Waals surface area contributed by atoms with Crippen LogP contribution in [0.2, 0.25) is 0 Å². The van der Waals surface area contributed by atoms with Crippen LogP contribution in [-0.2, 0) is 16.6 Å². The molecule has 0 radical (unpaired) electrons. The first-order valence-electron chi connectivity index (χ1n) is 29.6. The molecule has 13 aromatic rings. The largest absolute Gasteiger partial charge is 0.508 e. The van der Waals surface area contributed by atoms with Gasteiger partial charge in [-0.15, -0.1) is 0 Å². The van der Waals surface area contributed by atoms with Crippen LogP contribution < -0.4 is 9.47 Å². The average molecular weight is 1100 g/mol. The van der Waals surface area contributed by atoms with Gasteiger partial charge in [0.2, 0.25) is 0 Å². The Morgan fingerprint density at radius 3 is 1.08 bits per heavy atom. The molecule has 0 saturated heterocycles. The van der Waals surface area contributed by atoms with Crippen molar-refractivity contribution in [3.8, 4) is 56.4 Å². The summed E-state index contributed by atoms with van der Waals surface area (Å²) in [5.41, 5.74) is 19.1. The highest BCUT2D eigenvalue weighted by molar-refractivity contribution is 6.07. The maximum Gasteiger partial charge on any atom is 0.179 e. The Balaban J connectivity index is 0.000000299. The lowest BCUT2D eigenvalue weighted by Crippen LogP contribution is -2.33. The summed E-state index contributed by atoms with van der Waals surface area (Å²) in [5, 5.41) is 30.0. The molecule has 3 aliphatic carbocycles. The van der Waals surface area contributed by atoms with E-state index in [1.54, 1.807) is 12.1 Å². The van der Waals surface area contributed by atoms with Crippen molar-refractivity contribution in [2.24, 2.45) is 0 Å². The zero-order valence-electron chi connectivity index (χ0n) is 47.6. The van der Waals surface area contributed by atoms with E-state index in [4.69, 9.17) is 9.47 Å². The van der Waals surface area contributed by atoms with Gasteiger partial charge in [0.05, 0.1) is 0 Å². The Hall–Kier alpha value is -10.4. The molecule has 4 heteroatoms. The normalized spacial score (nSPS) is 17.3. The fourth-order valence-corrected chi connectivity index (χ4v) is 14.7. The van der Waals surface area contributed by atoms with Crippen LogP contribution >= 0.6 is 0 Å². The van der Waals surface area contributed by atoms with E-state index in [-0.39, 0.29) is 16.9 Å². The summed E-state index contributed by atoms with van der Waals surface area (Å²) >= 11 is 0. The van der Waals surface area contributed by atoms with Gasteiger partial charge in [0.25, 0.3) is 0 Å². The van der Waals surface area contributed by atoms with Gasteiger partial charge >= 0.3 is 0 Å². The molecule has 0 bridgehead atoms. The molecule has 2 spiro atoms.